The Bertz CT molecular complexity index is 901. The van der Waals surface area contributed by atoms with Crippen molar-refractivity contribution in [1.82, 2.24) is 0 Å². The summed E-state index contributed by atoms with van der Waals surface area (Å²) in [6.45, 7) is 2.46. The fraction of sp³-hybridized carbons (Fsp3) is 0.536. The molecular weight excluding hydrogens is 462 g/mol. The summed E-state index contributed by atoms with van der Waals surface area (Å²) in [5.74, 6) is 1.24. The number of hydrogen-bond donors (Lipinski definition) is 4. The molecule has 0 radical (unpaired) electrons. The standard InChI is InChI=1S/C28H39NO7/c1-2-3-4-5-6-7-8-17-34-22-13-9-20(10-14-22)18-29-21-11-15-23(16-12-21)35-28-27(33)26(32)25(31)24(19-30)36-28/h9-16,18,24-28,30-33H,2-8,17,19H2,1H3/t24-,25-,26+,27-,28+/m1/s1. The zero-order valence-electron chi connectivity index (χ0n) is 20.9. The summed E-state index contributed by atoms with van der Waals surface area (Å²) < 4.78 is 16.8. The molecule has 0 aromatic heterocycles. The maximum atomic E-state index is 10.1. The topological polar surface area (TPSA) is 121 Å². The van der Waals surface area contributed by atoms with Crippen LogP contribution < -0.4 is 9.47 Å². The SMILES string of the molecule is CCCCCCCCCOc1ccc(C=Nc2ccc(O[C@H]3O[C@H](CO)[C@@H](O)[C@H](O)[C@H]3O)cc2)cc1. The van der Waals surface area contributed by atoms with Gasteiger partial charge in [0, 0.05) is 6.21 Å². The van der Waals surface area contributed by atoms with Gasteiger partial charge in [-0.1, -0.05) is 45.4 Å². The van der Waals surface area contributed by atoms with Gasteiger partial charge in [0.2, 0.25) is 6.29 Å². The van der Waals surface area contributed by atoms with E-state index in [0.717, 1.165) is 24.3 Å². The van der Waals surface area contributed by atoms with Crippen molar-refractivity contribution < 1.29 is 34.6 Å². The minimum Gasteiger partial charge on any atom is -0.494 e. The number of aliphatic hydroxyl groups excluding tert-OH is 4. The molecule has 8 nitrogen and oxygen atoms in total. The summed E-state index contributed by atoms with van der Waals surface area (Å²) in [6, 6.07) is 14.6. The monoisotopic (exact) mass is 501 g/mol. The predicted octanol–water partition coefficient (Wildman–Crippen LogP) is 3.75. The molecule has 0 spiro atoms. The fourth-order valence-corrected chi connectivity index (χ4v) is 3.96. The molecule has 36 heavy (non-hydrogen) atoms. The first-order valence-corrected chi connectivity index (χ1v) is 12.9. The van der Waals surface area contributed by atoms with E-state index in [4.69, 9.17) is 14.2 Å². The van der Waals surface area contributed by atoms with Gasteiger partial charge in [-0.05, 0) is 60.5 Å². The molecule has 0 saturated carbocycles. The molecule has 1 heterocycles. The van der Waals surface area contributed by atoms with Crippen molar-refractivity contribution in [3.05, 3.63) is 54.1 Å². The molecule has 1 saturated heterocycles. The van der Waals surface area contributed by atoms with Crippen LogP contribution in [0.2, 0.25) is 0 Å². The van der Waals surface area contributed by atoms with Crippen molar-refractivity contribution in [2.45, 2.75) is 82.6 Å². The van der Waals surface area contributed by atoms with Gasteiger partial charge in [-0.15, -0.1) is 0 Å². The zero-order valence-corrected chi connectivity index (χ0v) is 20.9. The average molecular weight is 502 g/mol. The van der Waals surface area contributed by atoms with E-state index in [-0.39, 0.29) is 0 Å². The minimum absolute atomic E-state index is 0.390. The lowest BCUT2D eigenvalue weighted by molar-refractivity contribution is -0.277. The number of unbranched alkanes of at least 4 members (excludes halogenated alkanes) is 6. The molecular formula is C28H39NO7. The summed E-state index contributed by atoms with van der Waals surface area (Å²) in [5, 5.41) is 39.1. The van der Waals surface area contributed by atoms with E-state index in [9.17, 15) is 20.4 Å². The van der Waals surface area contributed by atoms with Crippen molar-refractivity contribution in [2.75, 3.05) is 13.2 Å². The first-order chi connectivity index (χ1) is 17.5. The average Bonchev–Trinajstić information content (AvgIpc) is 2.90. The van der Waals surface area contributed by atoms with Gasteiger partial charge in [-0.2, -0.15) is 0 Å². The summed E-state index contributed by atoms with van der Waals surface area (Å²) >= 11 is 0. The molecule has 1 fully saturated rings. The van der Waals surface area contributed by atoms with Crippen molar-refractivity contribution in [1.29, 1.82) is 0 Å². The molecule has 4 N–H and O–H groups in total. The number of rotatable bonds is 14. The number of hydrogen-bond acceptors (Lipinski definition) is 8. The smallest absolute Gasteiger partial charge is 0.229 e. The Hall–Kier alpha value is -2.49. The number of aliphatic hydroxyl groups is 4. The van der Waals surface area contributed by atoms with Gasteiger partial charge in [-0.3, -0.25) is 4.99 Å². The molecule has 5 atom stereocenters. The van der Waals surface area contributed by atoms with Crippen LogP contribution in [0, 0.1) is 0 Å². The normalized spacial score (nSPS) is 24.2. The van der Waals surface area contributed by atoms with Gasteiger partial charge in [0.25, 0.3) is 0 Å². The van der Waals surface area contributed by atoms with E-state index in [1.807, 2.05) is 24.3 Å². The molecule has 0 unspecified atom stereocenters. The number of ether oxygens (including phenoxy) is 3. The Balaban J connectivity index is 1.42. The molecule has 0 aliphatic carbocycles. The van der Waals surface area contributed by atoms with Crippen LogP contribution in [0.15, 0.2) is 53.5 Å². The molecule has 3 rings (SSSR count). The molecule has 1 aliphatic rings. The van der Waals surface area contributed by atoms with E-state index in [2.05, 4.69) is 11.9 Å². The van der Waals surface area contributed by atoms with Gasteiger partial charge < -0.3 is 34.6 Å². The van der Waals surface area contributed by atoms with Gasteiger partial charge in [0.15, 0.2) is 0 Å². The predicted molar refractivity (Wildman–Crippen MR) is 138 cm³/mol. The second-order valence-corrected chi connectivity index (χ2v) is 9.11. The highest BCUT2D eigenvalue weighted by Gasteiger charge is 2.44. The first-order valence-electron chi connectivity index (χ1n) is 12.9. The Morgan fingerprint density at radius 2 is 1.44 bits per heavy atom. The van der Waals surface area contributed by atoms with Gasteiger partial charge in [0.05, 0.1) is 18.9 Å². The lowest BCUT2D eigenvalue weighted by Crippen LogP contribution is -2.60. The third kappa shape index (κ3) is 8.57. The second-order valence-electron chi connectivity index (χ2n) is 9.11. The van der Waals surface area contributed by atoms with Crippen molar-refractivity contribution in [2.24, 2.45) is 4.99 Å². The van der Waals surface area contributed by atoms with E-state index < -0.39 is 37.3 Å². The Labute approximate surface area is 213 Å². The molecule has 8 heteroatoms. The van der Waals surface area contributed by atoms with E-state index in [1.165, 1.54) is 38.5 Å². The van der Waals surface area contributed by atoms with Crippen LogP contribution in [-0.4, -0.2) is 70.6 Å². The zero-order chi connectivity index (χ0) is 25.8. The highest BCUT2D eigenvalue weighted by atomic mass is 16.7. The van der Waals surface area contributed by atoms with Crippen LogP contribution in [-0.2, 0) is 4.74 Å². The van der Waals surface area contributed by atoms with Gasteiger partial charge in [-0.25, -0.2) is 0 Å². The highest BCUT2D eigenvalue weighted by molar-refractivity contribution is 5.82. The van der Waals surface area contributed by atoms with Crippen LogP contribution in [0.5, 0.6) is 11.5 Å². The Kier molecular flexibility index (Phi) is 11.6. The quantitative estimate of drug-likeness (QED) is 0.230. The third-order valence-electron chi connectivity index (χ3n) is 6.20. The maximum Gasteiger partial charge on any atom is 0.229 e. The van der Waals surface area contributed by atoms with E-state index >= 15 is 0 Å². The van der Waals surface area contributed by atoms with Crippen molar-refractivity contribution in [3.8, 4) is 11.5 Å². The number of aliphatic imine (C=N–C) groups is 1. The third-order valence-corrected chi connectivity index (χ3v) is 6.20. The molecule has 0 bridgehead atoms. The molecule has 2 aromatic rings. The first kappa shape index (κ1) is 28.1. The second kappa shape index (κ2) is 14.9. The summed E-state index contributed by atoms with van der Waals surface area (Å²) in [4.78, 5) is 4.47. The lowest BCUT2D eigenvalue weighted by atomic mass is 9.99. The van der Waals surface area contributed by atoms with Crippen molar-refractivity contribution in [3.63, 3.8) is 0 Å². The van der Waals surface area contributed by atoms with Crippen LogP contribution in [0.3, 0.4) is 0 Å². The Morgan fingerprint density at radius 1 is 0.806 bits per heavy atom. The molecule has 198 valence electrons. The van der Waals surface area contributed by atoms with Gasteiger partial charge >= 0.3 is 0 Å². The summed E-state index contributed by atoms with van der Waals surface area (Å²) in [6.07, 6.45) is 3.97. The fourth-order valence-electron chi connectivity index (χ4n) is 3.96. The van der Waals surface area contributed by atoms with Gasteiger partial charge in [0.1, 0.15) is 35.9 Å². The molecule has 0 amide bonds. The van der Waals surface area contributed by atoms with Crippen LogP contribution in [0.25, 0.3) is 0 Å². The molecule has 2 aromatic carbocycles. The van der Waals surface area contributed by atoms with E-state index in [1.54, 1.807) is 30.5 Å². The lowest BCUT2D eigenvalue weighted by Gasteiger charge is -2.39. The largest absolute Gasteiger partial charge is 0.494 e. The number of benzene rings is 2. The van der Waals surface area contributed by atoms with Crippen molar-refractivity contribution >= 4 is 11.9 Å². The maximum absolute atomic E-state index is 10.1. The Morgan fingerprint density at radius 3 is 2.11 bits per heavy atom. The minimum atomic E-state index is -1.48. The summed E-state index contributed by atoms with van der Waals surface area (Å²) in [5.41, 5.74) is 1.65. The number of nitrogens with zero attached hydrogens (tertiary/aromatic N) is 1. The van der Waals surface area contributed by atoms with Crippen LogP contribution in [0.1, 0.15) is 57.4 Å². The van der Waals surface area contributed by atoms with Crippen LogP contribution in [0.4, 0.5) is 5.69 Å². The molecule has 1 aliphatic heterocycles. The summed E-state index contributed by atoms with van der Waals surface area (Å²) in [7, 11) is 0. The highest BCUT2D eigenvalue weighted by Crippen LogP contribution is 2.26. The van der Waals surface area contributed by atoms with Crippen LogP contribution >= 0.6 is 0 Å². The van der Waals surface area contributed by atoms with E-state index in [0.29, 0.717) is 11.4 Å².